The van der Waals surface area contributed by atoms with Crippen molar-refractivity contribution in [3.63, 3.8) is 0 Å². The van der Waals surface area contributed by atoms with Gasteiger partial charge in [-0.3, -0.25) is 9.59 Å². The fourth-order valence-corrected chi connectivity index (χ4v) is 3.09. The number of nitrogens with one attached hydrogen (secondary N) is 2. The summed E-state index contributed by atoms with van der Waals surface area (Å²) >= 11 is 1.62. The lowest BCUT2D eigenvalue weighted by atomic mass is 10.1. The van der Waals surface area contributed by atoms with Crippen LogP contribution in [0.1, 0.15) is 18.9 Å². The van der Waals surface area contributed by atoms with Crippen LogP contribution in [0.25, 0.3) is 0 Å². The number of carbonyl (C=O) groups is 2. The van der Waals surface area contributed by atoms with Gasteiger partial charge < -0.3 is 15.4 Å². The Bertz CT molecular complexity index is 745. The predicted octanol–water partition coefficient (Wildman–Crippen LogP) is 4.08. The smallest absolute Gasteiger partial charge is 0.225 e. The van der Waals surface area contributed by atoms with Crippen LogP contribution in [-0.4, -0.2) is 24.7 Å². The summed E-state index contributed by atoms with van der Waals surface area (Å²) in [6, 6.07) is 13.2. The Hall–Kier alpha value is -2.47. The lowest BCUT2D eigenvalue weighted by molar-refractivity contribution is -0.116. The van der Waals surface area contributed by atoms with E-state index in [4.69, 9.17) is 4.74 Å². The molecular weight excluding hydrogens is 336 g/mol. The number of thioether (sulfide) groups is 1. The van der Waals surface area contributed by atoms with E-state index in [-0.39, 0.29) is 11.8 Å². The molecule has 132 valence electrons. The average Bonchev–Trinajstić information content (AvgIpc) is 2.59. The average molecular weight is 358 g/mol. The second-order valence-electron chi connectivity index (χ2n) is 5.48. The molecule has 0 aliphatic carbocycles. The van der Waals surface area contributed by atoms with Crippen LogP contribution in [0.3, 0.4) is 0 Å². The van der Waals surface area contributed by atoms with Gasteiger partial charge in [0.15, 0.2) is 0 Å². The van der Waals surface area contributed by atoms with Gasteiger partial charge in [0.2, 0.25) is 11.8 Å². The van der Waals surface area contributed by atoms with E-state index in [9.17, 15) is 9.59 Å². The molecule has 0 saturated heterocycles. The number of rotatable bonds is 7. The number of hydrogen-bond donors (Lipinski definition) is 2. The largest absolute Gasteiger partial charge is 0.497 e. The zero-order valence-corrected chi connectivity index (χ0v) is 15.4. The zero-order chi connectivity index (χ0) is 18.2. The standard InChI is InChI=1S/C19H22N2O3S/c1-13-17(20-14(2)22)5-4-6-18(13)21-19(23)11-12-25-16-9-7-15(24-3)8-10-16/h4-10H,11-12H2,1-3H3,(H,20,22)(H,21,23). The Balaban J connectivity index is 1.86. The molecule has 0 unspecified atom stereocenters. The summed E-state index contributed by atoms with van der Waals surface area (Å²) in [5.41, 5.74) is 2.26. The minimum Gasteiger partial charge on any atom is -0.497 e. The molecule has 0 heterocycles. The molecule has 2 aromatic rings. The lowest BCUT2D eigenvalue weighted by Crippen LogP contribution is -2.14. The van der Waals surface area contributed by atoms with E-state index in [0.717, 1.165) is 16.2 Å². The number of hydrogen-bond acceptors (Lipinski definition) is 4. The molecule has 0 atom stereocenters. The first-order valence-electron chi connectivity index (χ1n) is 7.93. The van der Waals surface area contributed by atoms with Crippen molar-refractivity contribution in [1.29, 1.82) is 0 Å². The number of methoxy groups -OCH3 is 1. The van der Waals surface area contributed by atoms with Crippen molar-refractivity contribution in [3.05, 3.63) is 48.0 Å². The fourth-order valence-electron chi connectivity index (χ4n) is 2.24. The molecule has 0 aliphatic rings. The van der Waals surface area contributed by atoms with Crippen LogP contribution in [-0.2, 0) is 9.59 Å². The molecule has 0 radical (unpaired) electrons. The maximum atomic E-state index is 12.2. The Labute approximate surface area is 152 Å². The minimum atomic E-state index is -0.137. The second-order valence-corrected chi connectivity index (χ2v) is 6.65. The van der Waals surface area contributed by atoms with Crippen LogP contribution < -0.4 is 15.4 Å². The van der Waals surface area contributed by atoms with Crippen LogP contribution >= 0.6 is 11.8 Å². The Morgan fingerprint density at radius 1 is 1.04 bits per heavy atom. The van der Waals surface area contributed by atoms with E-state index in [1.807, 2.05) is 43.3 Å². The summed E-state index contributed by atoms with van der Waals surface area (Å²) in [7, 11) is 1.63. The van der Waals surface area contributed by atoms with E-state index >= 15 is 0 Å². The highest BCUT2D eigenvalue weighted by atomic mass is 32.2. The van der Waals surface area contributed by atoms with E-state index in [1.165, 1.54) is 6.92 Å². The number of amides is 2. The van der Waals surface area contributed by atoms with Gasteiger partial charge in [-0.25, -0.2) is 0 Å². The third kappa shape index (κ3) is 5.83. The van der Waals surface area contributed by atoms with E-state index in [0.29, 0.717) is 23.5 Å². The van der Waals surface area contributed by atoms with E-state index < -0.39 is 0 Å². The van der Waals surface area contributed by atoms with Crippen molar-refractivity contribution in [2.24, 2.45) is 0 Å². The van der Waals surface area contributed by atoms with Crippen LogP contribution in [0.4, 0.5) is 11.4 Å². The third-order valence-corrected chi connectivity index (χ3v) is 4.59. The van der Waals surface area contributed by atoms with Gasteiger partial charge in [0.05, 0.1) is 7.11 Å². The molecule has 0 aromatic heterocycles. The molecule has 5 nitrogen and oxygen atoms in total. The highest BCUT2D eigenvalue weighted by Crippen LogP contribution is 2.24. The van der Waals surface area contributed by atoms with Gasteiger partial charge in [0.1, 0.15) is 5.75 Å². The van der Waals surface area contributed by atoms with E-state index in [2.05, 4.69) is 10.6 Å². The molecule has 2 N–H and O–H groups in total. The number of anilines is 2. The fraction of sp³-hybridized carbons (Fsp3) is 0.263. The van der Waals surface area contributed by atoms with Crippen molar-refractivity contribution < 1.29 is 14.3 Å². The number of ether oxygens (including phenoxy) is 1. The molecule has 0 bridgehead atoms. The Morgan fingerprint density at radius 2 is 1.68 bits per heavy atom. The van der Waals surface area contributed by atoms with Crippen molar-refractivity contribution in [2.75, 3.05) is 23.5 Å². The third-order valence-electron chi connectivity index (χ3n) is 3.58. The molecule has 2 rings (SSSR count). The monoisotopic (exact) mass is 358 g/mol. The van der Waals surface area contributed by atoms with Gasteiger partial charge in [-0.05, 0) is 48.9 Å². The van der Waals surface area contributed by atoms with Crippen molar-refractivity contribution in [2.45, 2.75) is 25.2 Å². The molecule has 25 heavy (non-hydrogen) atoms. The highest BCUT2D eigenvalue weighted by molar-refractivity contribution is 7.99. The number of benzene rings is 2. The predicted molar refractivity (Wildman–Crippen MR) is 102 cm³/mol. The minimum absolute atomic E-state index is 0.0518. The maximum absolute atomic E-state index is 12.2. The lowest BCUT2D eigenvalue weighted by Gasteiger charge is -2.12. The van der Waals surface area contributed by atoms with Crippen LogP contribution in [0, 0.1) is 6.92 Å². The summed E-state index contributed by atoms with van der Waals surface area (Å²) in [5.74, 6) is 1.31. The maximum Gasteiger partial charge on any atom is 0.225 e. The van der Waals surface area contributed by atoms with Crippen molar-refractivity contribution >= 4 is 35.0 Å². The van der Waals surface area contributed by atoms with Gasteiger partial charge in [0, 0.05) is 35.4 Å². The van der Waals surface area contributed by atoms with Gasteiger partial charge in [-0.1, -0.05) is 6.07 Å². The highest BCUT2D eigenvalue weighted by Gasteiger charge is 2.09. The van der Waals surface area contributed by atoms with Gasteiger partial charge in [0.25, 0.3) is 0 Å². The molecule has 2 amide bonds. The van der Waals surface area contributed by atoms with E-state index in [1.54, 1.807) is 24.9 Å². The Morgan fingerprint density at radius 3 is 2.28 bits per heavy atom. The number of carbonyl (C=O) groups excluding carboxylic acids is 2. The molecule has 0 saturated carbocycles. The van der Waals surface area contributed by atoms with Crippen LogP contribution in [0.15, 0.2) is 47.4 Å². The Kier molecular flexibility index (Phi) is 6.89. The van der Waals surface area contributed by atoms with Gasteiger partial charge >= 0.3 is 0 Å². The first-order valence-corrected chi connectivity index (χ1v) is 8.92. The molecule has 6 heteroatoms. The van der Waals surface area contributed by atoms with Crippen molar-refractivity contribution in [1.82, 2.24) is 0 Å². The first kappa shape index (κ1) is 18.9. The van der Waals surface area contributed by atoms with Crippen LogP contribution in [0.5, 0.6) is 5.75 Å². The summed E-state index contributed by atoms with van der Waals surface area (Å²) in [6.45, 7) is 3.33. The summed E-state index contributed by atoms with van der Waals surface area (Å²) in [6.07, 6.45) is 0.403. The van der Waals surface area contributed by atoms with Gasteiger partial charge in [-0.15, -0.1) is 11.8 Å². The second kappa shape index (κ2) is 9.13. The van der Waals surface area contributed by atoms with Crippen molar-refractivity contribution in [3.8, 4) is 5.75 Å². The van der Waals surface area contributed by atoms with Gasteiger partial charge in [-0.2, -0.15) is 0 Å². The molecule has 2 aromatic carbocycles. The summed E-state index contributed by atoms with van der Waals surface area (Å²) < 4.78 is 5.12. The van der Waals surface area contributed by atoms with Crippen LogP contribution in [0.2, 0.25) is 0 Å². The zero-order valence-electron chi connectivity index (χ0n) is 14.6. The summed E-state index contributed by atoms with van der Waals surface area (Å²) in [4.78, 5) is 24.5. The SMILES string of the molecule is COc1ccc(SCCC(=O)Nc2cccc(NC(C)=O)c2C)cc1. The molecular formula is C19H22N2O3S. The molecule has 0 spiro atoms. The topological polar surface area (TPSA) is 67.4 Å². The molecule has 0 fully saturated rings. The normalized spacial score (nSPS) is 10.2. The quantitative estimate of drug-likeness (QED) is 0.732. The first-order chi connectivity index (χ1) is 12.0. The summed E-state index contributed by atoms with van der Waals surface area (Å²) in [5, 5.41) is 5.66. The molecule has 0 aliphatic heterocycles.